The highest BCUT2D eigenvalue weighted by molar-refractivity contribution is 5.53. The van der Waals surface area contributed by atoms with Gasteiger partial charge in [0.15, 0.2) is 5.75 Å². The van der Waals surface area contributed by atoms with E-state index in [1.807, 2.05) is 0 Å². The Morgan fingerprint density at radius 1 is 0.885 bits per heavy atom. The number of rotatable bonds is 0. The third-order valence-electron chi connectivity index (χ3n) is 5.63. The van der Waals surface area contributed by atoms with E-state index < -0.39 is 5.43 Å². The van der Waals surface area contributed by atoms with Gasteiger partial charge in [0, 0.05) is 11.1 Å². The van der Waals surface area contributed by atoms with Crippen molar-refractivity contribution in [3.63, 3.8) is 0 Å². The summed E-state index contributed by atoms with van der Waals surface area (Å²) in [5.41, 5.74) is 5.67. The molecule has 26 heavy (non-hydrogen) atoms. The predicted molar refractivity (Wildman–Crippen MR) is 107 cm³/mol. The summed E-state index contributed by atoms with van der Waals surface area (Å²) in [6.07, 6.45) is 2.36. The Balaban J connectivity index is 2.09. The van der Waals surface area contributed by atoms with E-state index in [2.05, 4.69) is 58.6 Å². The van der Waals surface area contributed by atoms with Gasteiger partial charge in [0.25, 0.3) is 0 Å². The fourth-order valence-corrected chi connectivity index (χ4v) is 3.64. The minimum atomic E-state index is -0.396. The van der Waals surface area contributed by atoms with Gasteiger partial charge in [-0.05, 0) is 77.6 Å². The van der Waals surface area contributed by atoms with Crippen LogP contribution in [0.15, 0.2) is 41.2 Å². The summed E-state index contributed by atoms with van der Waals surface area (Å²) in [5.74, 6) is 6.14. The second-order valence-electron chi connectivity index (χ2n) is 8.60. The van der Waals surface area contributed by atoms with Crippen LogP contribution in [0.4, 0.5) is 0 Å². The van der Waals surface area contributed by atoms with Gasteiger partial charge in [-0.3, -0.25) is 4.79 Å². The average molecular weight is 346 g/mol. The van der Waals surface area contributed by atoms with Gasteiger partial charge in [-0.2, -0.15) is 0 Å². The Hall–Kier alpha value is -2.53. The lowest BCUT2D eigenvalue weighted by molar-refractivity contribution is 0.331. The molecule has 0 saturated heterocycles. The van der Waals surface area contributed by atoms with Gasteiger partial charge < -0.3 is 5.11 Å². The molecule has 0 radical (unpaired) electrons. The highest BCUT2D eigenvalue weighted by Crippen LogP contribution is 2.46. The highest BCUT2D eigenvalue weighted by atomic mass is 16.3. The second kappa shape index (κ2) is 6.32. The molecule has 0 saturated carbocycles. The van der Waals surface area contributed by atoms with Crippen LogP contribution < -0.4 is 5.43 Å². The molecule has 0 heterocycles. The molecule has 1 aliphatic carbocycles. The topological polar surface area (TPSA) is 37.3 Å². The monoisotopic (exact) mass is 346 g/mol. The molecule has 0 spiro atoms. The second-order valence-corrected chi connectivity index (χ2v) is 8.60. The molecular weight excluding hydrogens is 320 g/mol. The molecule has 2 nitrogen and oxygen atoms in total. The number of aryl methyl sites for hydroxylation is 1. The standard InChI is InChI=1S/C24H26O2/c1-16-14-19-20(24(4,5)13-12-23(19,2)3)15-18(16)9-6-17-7-10-21(25)22(26)11-8-17/h7-8,10-11,14-15H,12-13H2,1-5H3,(H,25,26). The lowest BCUT2D eigenvalue weighted by Crippen LogP contribution is -2.34. The first-order valence-corrected chi connectivity index (χ1v) is 9.11. The van der Waals surface area contributed by atoms with E-state index in [1.165, 1.54) is 41.7 Å². The van der Waals surface area contributed by atoms with Crippen molar-refractivity contribution in [2.24, 2.45) is 0 Å². The van der Waals surface area contributed by atoms with Crippen LogP contribution in [-0.2, 0) is 10.8 Å². The van der Waals surface area contributed by atoms with E-state index >= 15 is 0 Å². The number of aromatic hydroxyl groups is 1. The molecule has 134 valence electrons. The molecule has 1 N–H and O–H groups in total. The van der Waals surface area contributed by atoms with Crippen LogP contribution in [0.5, 0.6) is 5.75 Å². The highest BCUT2D eigenvalue weighted by Gasteiger charge is 2.37. The minimum Gasteiger partial charge on any atom is -0.504 e. The summed E-state index contributed by atoms with van der Waals surface area (Å²) in [6.45, 7) is 11.4. The third kappa shape index (κ3) is 3.40. The van der Waals surface area contributed by atoms with E-state index in [4.69, 9.17) is 0 Å². The SMILES string of the molecule is Cc1cc2c(cc1C#Cc1ccc(O)c(=O)cc1)C(C)(C)CCC2(C)C. The number of hydrogen-bond acceptors (Lipinski definition) is 2. The average Bonchev–Trinajstić information content (AvgIpc) is 2.73. The Kier molecular flexibility index (Phi) is 4.44. The summed E-state index contributed by atoms with van der Waals surface area (Å²) < 4.78 is 0. The molecule has 2 aromatic rings. The van der Waals surface area contributed by atoms with Gasteiger partial charge in [-0.15, -0.1) is 0 Å². The van der Waals surface area contributed by atoms with E-state index in [0.29, 0.717) is 5.56 Å². The Morgan fingerprint density at radius 2 is 1.46 bits per heavy atom. The van der Waals surface area contributed by atoms with Crippen molar-refractivity contribution in [2.45, 2.75) is 58.3 Å². The van der Waals surface area contributed by atoms with Crippen LogP contribution in [0.3, 0.4) is 0 Å². The van der Waals surface area contributed by atoms with Crippen LogP contribution in [0.1, 0.15) is 68.4 Å². The van der Waals surface area contributed by atoms with Crippen molar-refractivity contribution in [3.8, 4) is 17.6 Å². The number of hydrogen-bond donors (Lipinski definition) is 1. The van der Waals surface area contributed by atoms with Crippen molar-refractivity contribution in [3.05, 3.63) is 74.4 Å². The van der Waals surface area contributed by atoms with Gasteiger partial charge in [-0.1, -0.05) is 45.6 Å². The summed E-state index contributed by atoms with van der Waals surface area (Å²) in [6, 6.07) is 10.6. The number of benzene rings is 1. The molecule has 0 bridgehead atoms. The first kappa shape index (κ1) is 18.3. The summed E-state index contributed by atoms with van der Waals surface area (Å²) in [4.78, 5) is 11.5. The number of fused-ring (bicyclic) bond motifs is 1. The zero-order valence-electron chi connectivity index (χ0n) is 16.2. The summed E-state index contributed by atoms with van der Waals surface area (Å²) in [5, 5.41) is 9.51. The van der Waals surface area contributed by atoms with Gasteiger partial charge in [-0.25, -0.2) is 0 Å². The van der Waals surface area contributed by atoms with E-state index in [9.17, 15) is 9.90 Å². The molecule has 3 rings (SSSR count). The molecular formula is C24H26O2. The van der Waals surface area contributed by atoms with Crippen molar-refractivity contribution in [2.75, 3.05) is 0 Å². The first-order valence-electron chi connectivity index (χ1n) is 9.11. The van der Waals surface area contributed by atoms with E-state index in [-0.39, 0.29) is 16.6 Å². The van der Waals surface area contributed by atoms with Crippen molar-refractivity contribution in [1.82, 2.24) is 0 Å². The Labute approximate surface area is 155 Å². The third-order valence-corrected chi connectivity index (χ3v) is 5.63. The largest absolute Gasteiger partial charge is 0.504 e. The lowest BCUT2D eigenvalue weighted by atomic mass is 9.62. The molecule has 0 amide bonds. The molecule has 0 atom stereocenters. The van der Waals surface area contributed by atoms with E-state index in [1.54, 1.807) is 12.1 Å². The quantitative estimate of drug-likeness (QED) is 0.695. The van der Waals surface area contributed by atoms with Crippen molar-refractivity contribution in [1.29, 1.82) is 0 Å². The zero-order chi connectivity index (χ0) is 19.1. The lowest BCUT2D eigenvalue weighted by Gasteiger charge is -2.42. The van der Waals surface area contributed by atoms with Crippen LogP contribution in [0, 0.1) is 18.8 Å². The molecule has 0 unspecified atom stereocenters. The van der Waals surface area contributed by atoms with Crippen LogP contribution >= 0.6 is 0 Å². The van der Waals surface area contributed by atoms with Gasteiger partial charge in [0.2, 0.25) is 5.43 Å². The summed E-state index contributed by atoms with van der Waals surface area (Å²) >= 11 is 0. The Bertz CT molecular complexity index is 985. The maximum absolute atomic E-state index is 11.5. The van der Waals surface area contributed by atoms with Crippen LogP contribution in [-0.4, -0.2) is 5.11 Å². The smallest absolute Gasteiger partial charge is 0.220 e. The Morgan fingerprint density at radius 3 is 2.12 bits per heavy atom. The fraction of sp³-hybridized carbons (Fsp3) is 0.375. The van der Waals surface area contributed by atoms with Gasteiger partial charge in [0.05, 0.1) is 0 Å². The molecule has 2 aromatic carbocycles. The molecule has 0 aliphatic heterocycles. The fourth-order valence-electron chi connectivity index (χ4n) is 3.64. The van der Waals surface area contributed by atoms with Gasteiger partial charge >= 0.3 is 0 Å². The normalized spacial score (nSPS) is 17.0. The molecule has 1 aliphatic rings. The van der Waals surface area contributed by atoms with Crippen molar-refractivity contribution < 1.29 is 5.11 Å². The zero-order valence-corrected chi connectivity index (χ0v) is 16.2. The minimum absolute atomic E-state index is 0.150. The molecule has 0 fully saturated rings. The van der Waals surface area contributed by atoms with E-state index in [0.717, 1.165) is 5.56 Å². The molecule has 0 aromatic heterocycles. The molecule has 2 heteroatoms. The van der Waals surface area contributed by atoms with Crippen LogP contribution in [0.25, 0.3) is 0 Å². The summed E-state index contributed by atoms with van der Waals surface area (Å²) in [7, 11) is 0. The maximum atomic E-state index is 11.5. The first-order chi connectivity index (χ1) is 12.1. The predicted octanol–water partition coefficient (Wildman–Crippen LogP) is 4.81. The maximum Gasteiger partial charge on any atom is 0.220 e. The van der Waals surface area contributed by atoms with Crippen molar-refractivity contribution >= 4 is 0 Å². The van der Waals surface area contributed by atoms with Crippen LogP contribution in [0.2, 0.25) is 0 Å². The van der Waals surface area contributed by atoms with Gasteiger partial charge in [0.1, 0.15) is 0 Å².